The molecule has 0 heterocycles. The first-order chi connectivity index (χ1) is 9.74. The smallest absolute Gasteiger partial charge is 0.179 e. The van der Waals surface area contributed by atoms with E-state index < -0.39 is 0 Å². The van der Waals surface area contributed by atoms with Gasteiger partial charge in [-0.15, -0.1) is 0 Å². The van der Waals surface area contributed by atoms with E-state index in [1.807, 2.05) is 23.9 Å². The molecule has 0 aliphatic heterocycles. The van der Waals surface area contributed by atoms with E-state index >= 15 is 0 Å². The molecule has 0 radical (unpaired) electrons. The van der Waals surface area contributed by atoms with Crippen LogP contribution >= 0.6 is 23.4 Å². The van der Waals surface area contributed by atoms with Crippen LogP contribution in [0.4, 0.5) is 0 Å². The molecule has 0 spiro atoms. The summed E-state index contributed by atoms with van der Waals surface area (Å²) in [5, 5.41) is 4.05. The second-order valence-electron chi connectivity index (χ2n) is 4.50. The molecule has 5 heteroatoms. The fraction of sp³-hybridized carbons (Fsp3) is 0.600. The number of hydrogen-bond acceptors (Lipinski definition) is 4. The molecule has 3 nitrogen and oxygen atoms in total. The van der Waals surface area contributed by atoms with Gasteiger partial charge in [-0.05, 0) is 43.0 Å². The lowest BCUT2D eigenvalue weighted by Gasteiger charge is -2.13. The number of rotatable bonds is 10. The number of ether oxygens (including phenoxy) is 2. The van der Waals surface area contributed by atoms with Crippen molar-refractivity contribution in [3.05, 3.63) is 22.7 Å². The van der Waals surface area contributed by atoms with Gasteiger partial charge in [0.15, 0.2) is 11.5 Å². The molecule has 0 aliphatic rings. The largest absolute Gasteiger partial charge is 0.493 e. The molecular formula is C15H24ClNO2S. The predicted octanol–water partition coefficient (Wildman–Crippen LogP) is 3.98. The van der Waals surface area contributed by atoms with Crippen molar-refractivity contribution in [1.82, 2.24) is 5.32 Å². The molecule has 1 aromatic rings. The predicted molar refractivity (Wildman–Crippen MR) is 88.5 cm³/mol. The minimum Gasteiger partial charge on any atom is -0.493 e. The SMILES string of the molecule is COc1ccc(CNCCCCCSC)c(Cl)c1OC. The molecular weight excluding hydrogens is 294 g/mol. The second kappa shape index (κ2) is 10.2. The van der Waals surface area contributed by atoms with E-state index in [0.29, 0.717) is 16.5 Å². The summed E-state index contributed by atoms with van der Waals surface area (Å²) >= 11 is 8.23. The first-order valence-corrected chi connectivity index (χ1v) is 8.60. The number of thioether (sulfide) groups is 1. The summed E-state index contributed by atoms with van der Waals surface area (Å²) in [5.74, 6) is 2.52. The highest BCUT2D eigenvalue weighted by Crippen LogP contribution is 2.37. The van der Waals surface area contributed by atoms with Crippen molar-refractivity contribution in [1.29, 1.82) is 0 Å². The van der Waals surface area contributed by atoms with E-state index in [9.17, 15) is 0 Å². The first-order valence-electron chi connectivity index (χ1n) is 6.83. The fourth-order valence-electron chi connectivity index (χ4n) is 1.96. The number of unbranched alkanes of at least 4 members (excludes halogenated alkanes) is 2. The van der Waals surface area contributed by atoms with Crippen molar-refractivity contribution in [2.75, 3.05) is 32.8 Å². The van der Waals surface area contributed by atoms with Crippen LogP contribution in [-0.4, -0.2) is 32.8 Å². The minimum atomic E-state index is 0.605. The third-order valence-corrected chi connectivity index (χ3v) is 4.19. The summed E-state index contributed by atoms with van der Waals surface area (Å²) in [6.45, 7) is 1.76. The molecule has 114 valence electrons. The van der Waals surface area contributed by atoms with Crippen molar-refractivity contribution in [3.63, 3.8) is 0 Å². The van der Waals surface area contributed by atoms with Gasteiger partial charge >= 0.3 is 0 Å². The Hall–Kier alpha value is -0.580. The molecule has 0 aliphatic carbocycles. The van der Waals surface area contributed by atoms with Gasteiger partial charge in [-0.1, -0.05) is 24.1 Å². The monoisotopic (exact) mass is 317 g/mol. The quantitative estimate of drug-likeness (QED) is 0.661. The lowest BCUT2D eigenvalue weighted by atomic mass is 10.2. The average molecular weight is 318 g/mol. The highest BCUT2D eigenvalue weighted by molar-refractivity contribution is 7.98. The topological polar surface area (TPSA) is 30.5 Å². The lowest BCUT2D eigenvalue weighted by Crippen LogP contribution is -2.15. The van der Waals surface area contributed by atoms with Crippen molar-refractivity contribution >= 4 is 23.4 Å². The van der Waals surface area contributed by atoms with Crippen molar-refractivity contribution in [2.45, 2.75) is 25.8 Å². The summed E-state index contributed by atoms with van der Waals surface area (Å²) < 4.78 is 10.5. The van der Waals surface area contributed by atoms with Crippen LogP contribution in [0.3, 0.4) is 0 Å². The van der Waals surface area contributed by atoms with Gasteiger partial charge in [-0.3, -0.25) is 0 Å². The Bertz CT molecular complexity index is 402. The van der Waals surface area contributed by atoms with Gasteiger partial charge in [0.1, 0.15) is 0 Å². The minimum absolute atomic E-state index is 0.605. The normalized spacial score (nSPS) is 10.6. The van der Waals surface area contributed by atoms with Gasteiger partial charge < -0.3 is 14.8 Å². The van der Waals surface area contributed by atoms with Gasteiger partial charge in [0.05, 0.1) is 19.2 Å². The molecule has 1 N–H and O–H groups in total. The van der Waals surface area contributed by atoms with E-state index in [2.05, 4.69) is 11.6 Å². The number of nitrogens with one attached hydrogen (secondary N) is 1. The maximum Gasteiger partial charge on any atom is 0.179 e. The van der Waals surface area contributed by atoms with Crippen molar-refractivity contribution in [3.8, 4) is 11.5 Å². The fourth-order valence-corrected chi connectivity index (χ4v) is 2.76. The summed E-state index contributed by atoms with van der Waals surface area (Å²) in [7, 11) is 3.22. The summed E-state index contributed by atoms with van der Waals surface area (Å²) in [4.78, 5) is 0. The van der Waals surface area contributed by atoms with Crippen LogP contribution < -0.4 is 14.8 Å². The van der Waals surface area contributed by atoms with Gasteiger partial charge in [0.25, 0.3) is 0 Å². The molecule has 0 amide bonds. The van der Waals surface area contributed by atoms with Crippen LogP contribution in [0.5, 0.6) is 11.5 Å². The highest BCUT2D eigenvalue weighted by Gasteiger charge is 2.12. The summed E-state index contributed by atoms with van der Waals surface area (Å²) in [6, 6.07) is 3.87. The lowest BCUT2D eigenvalue weighted by molar-refractivity contribution is 0.354. The van der Waals surface area contributed by atoms with E-state index in [4.69, 9.17) is 21.1 Å². The van der Waals surface area contributed by atoms with E-state index in [1.54, 1.807) is 14.2 Å². The van der Waals surface area contributed by atoms with Crippen LogP contribution in [0.25, 0.3) is 0 Å². The molecule has 1 rings (SSSR count). The maximum atomic E-state index is 6.33. The third-order valence-electron chi connectivity index (χ3n) is 3.08. The van der Waals surface area contributed by atoms with Crippen molar-refractivity contribution in [2.24, 2.45) is 0 Å². The van der Waals surface area contributed by atoms with Gasteiger partial charge in [-0.25, -0.2) is 0 Å². The van der Waals surface area contributed by atoms with Crippen LogP contribution in [-0.2, 0) is 6.54 Å². The zero-order valence-electron chi connectivity index (χ0n) is 12.5. The standard InChI is InChI=1S/C15H24ClNO2S/c1-18-13-8-7-12(14(16)15(13)19-2)11-17-9-5-4-6-10-20-3/h7-8,17H,4-6,9-11H2,1-3H3. The number of halogens is 1. The van der Waals surface area contributed by atoms with Gasteiger partial charge in [0, 0.05) is 6.54 Å². The highest BCUT2D eigenvalue weighted by atomic mass is 35.5. The number of benzene rings is 1. The molecule has 0 saturated carbocycles. The molecule has 0 bridgehead atoms. The molecule has 0 atom stereocenters. The Morgan fingerprint density at radius 1 is 1.15 bits per heavy atom. The zero-order valence-corrected chi connectivity index (χ0v) is 14.1. The second-order valence-corrected chi connectivity index (χ2v) is 5.87. The Morgan fingerprint density at radius 3 is 2.60 bits per heavy atom. The molecule has 0 saturated heterocycles. The molecule has 1 aromatic carbocycles. The third kappa shape index (κ3) is 5.43. The average Bonchev–Trinajstić information content (AvgIpc) is 2.47. The Morgan fingerprint density at radius 2 is 1.95 bits per heavy atom. The molecule has 0 unspecified atom stereocenters. The number of methoxy groups -OCH3 is 2. The zero-order chi connectivity index (χ0) is 14.8. The Balaban J connectivity index is 2.40. The van der Waals surface area contributed by atoms with E-state index in [0.717, 1.165) is 18.7 Å². The van der Waals surface area contributed by atoms with Crippen LogP contribution in [0, 0.1) is 0 Å². The number of hydrogen-bond donors (Lipinski definition) is 1. The van der Waals surface area contributed by atoms with Crippen LogP contribution in [0.1, 0.15) is 24.8 Å². The molecule has 20 heavy (non-hydrogen) atoms. The Labute approximate surface area is 131 Å². The summed E-state index contributed by atoms with van der Waals surface area (Å²) in [5.41, 5.74) is 1.04. The first kappa shape index (κ1) is 17.5. The Kier molecular flexibility index (Phi) is 8.90. The van der Waals surface area contributed by atoms with E-state index in [-0.39, 0.29) is 0 Å². The molecule has 0 aromatic heterocycles. The summed E-state index contributed by atoms with van der Waals surface area (Å²) in [6.07, 6.45) is 5.91. The van der Waals surface area contributed by atoms with Crippen LogP contribution in [0.15, 0.2) is 12.1 Å². The van der Waals surface area contributed by atoms with Crippen LogP contribution in [0.2, 0.25) is 5.02 Å². The van der Waals surface area contributed by atoms with E-state index in [1.165, 1.54) is 25.0 Å². The van der Waals surface area contributed by atoms with Gasteiger partial charge in [-0.2, -0.15) is 11.8 Å². The maximum absolute atomic E-state index is 6.33. The van der Waals surface area contributed by atoms with Gasteiger partial charge in [0.2, 0.25) is 0 Å². The molecule has 0 fully saturated rings. The van der Waals surface area contributed by atoms with Crippen molar-refractivity contribution < 1.29 is 9.47 Å².